The van der Waals surface area contributed by atoms with Crippen molar-refractivity contribution in [2.75, 3.05) is 0 Å². The maximum atomic E-state index is 10.7. The molecule has 0 atom stereocenters. The molecule has 0 radical (unpaired) electrons. The summed E-state index contributed by atoms with van der Waals surface area (Å²) in [6.07, 6.45) is 3.22. The molecule has 0 N–H and O–H groups in total. The number of carbonyl (C=O) groups excluding carboxylic acids is 1. The summed E-state index contributed by atoms with van der Waals surface area (Å²) in [6, 6.07) is 5.14. The van der Waals surface area contributed by atoms with Gasteiger partial charge in [-0.2, -0.15) is 0 Å². The number of hydrogen-bond donors (Lipinski definition) is 0. The van der Waals surface area contributed by atoms with Crippen molar-refractivity contribution in [1.82, 2.24) is 9.97 Å². The van der Waals surface area contributed by atoms with Crippen molar-refractivity contribution in [3.63, 3.8) is 0 Å². The molecule has 70 valence electrons. The second-order valence-electron chi connectivity index (χ2n) is 2.80. The highest BCUT2D eigenvalue weighted by Gasteiger charge is 2.00. The Bertz CT molecular complexity index is 482. The second-order valence-corrected chi connectivity index (χ2v) is 2.80. The average Bonchev–Trinajstić information content (AvgIpc) is 2.17. The molecule has 1 aromatic heterocycles. The summed E-state index contributed by atoms with van der Waals surface area (Å²) in [6.45, 7) is 1.36. The molecule has 0 spiro atoms. The fourth-order valence-electron chi connectivity index (χ4n) is 1.17. The van der Waals surface area contributed by atoms with Gasteiger partial charge in [0.05, 0.1) is 11.0 Å². The molecule has 0 unspecified atom stereocenters. The van der Waals surface area contributed by atoms with Gasteiger partial charge in [0.2, 0.25) is 0 Å². The maximum absolute atomic E-state index is 10.7. The van der Waals surface area contributed by atoms with Gasteiger partial charge in [-0.15, -0.1) is 0 Å². The molecule has 0 aliphatic carbocycles. The molecule has 0 bridgehead atoms. The standard InChI is InChI=1S/C10H8N2O2/c1-7(13)14-8-2-3-9-10(6-8)12-5-4-11-9/h2-6H,1H3. The minimum atomic E-state index is -0.340. The first kappa shape index (κ1) is 8.62. The SMILES string of the molecule is CC(=O)Oc1ccc2nccnc2c1. The predicted molar refractivity (Wildman–Crippen MR) is 50.8 cm³/mol. The van der Waals surface area contributed by atoms with E-state index in [0.29, 0.717) is 11.3 Å². The number of fused-ring (bicyclic) bond motifs is 1. The van der Waals surface area contributed by atoms with Gasteiger partial charge in [-0.25, -0.2) is 0 Å². The van der Waals surface area contributed by atoms with E-state index in [1.54, 1.807) is 30.6 Å². The first-order valence-electron chi connectivity index (χ1n) is 4.15. The van der Waals surface area contributed by atoms with Crippen molar-refractivity contribution in [3.05, 3.63) is 30.6 Å². The van der Waals surface area contributed by atoms with Crippen LogP contribution >= 0.6 is 0 Å². The minimum Gasteiger partial charge on any atom is -0.427 e. The van der Waals surface area contributed by atoms with Crippen LogP contribution in [0.4, 0.5) is 0 Å². The van der Waals surface area contributed by atoms with E-state index in [0.717, 1.165) is 5.52 Å². The molecular formula is C10H8N2O2. The molecule has 0 saturated carbocycles. The molecule has 0 aliphatic heterocycles. The van der Waals surface area contributed by atoms with Gasteiger partial charge < -0.3 is 4.74 Å². The zero-order chi connectivity index (χ0) is 9.97. The van der Waals surface area contributed by atoms with Crippen molar-refractivity contribution in [1.29, 1.82) is 0 Å². The van der Waals surface area contributed by atoms with Gasteiger partial charge in [-0.3, -0.25) is 14.8 Å². The second kappa shape index (κ2) is 3.41. The van der Waals surface area contributed by atoms with Crippen molar-refractivity contribution in [2.45, 2.75) is 6.92 Å². The Kier molecular flexibility index (Phi) is 2.10. The van der Waals surface area contributed by atoms with E-state index in [-0.39, 0.29) is 5.97 Å². The normalized spacial score (nSPS) is 10.1. The molecular weight excluding hydrogens is 180 g/mol. The smallest absolute Gasteiger partial charge is 0.308 e. The lowest BCUT2D eigenvalue weighted by Crippen LogP contribution is -2.01. The van der Waals surface area contributed by atoms with Crippen molar-refractivity contribution >= 4 is 17.0 Å². The van der Waals surface area contributed by atoms with Crippen LogP contribution in [0.5, 0.6) is 5.75 Å². The van der Waals surface area contributed by atoms with Crippen LogP contribution in [0.2, 0.25) is 0 Å². The maximum Gasteiger partial charge on any atom is 0.308 e. The van der Waals surface area contributed by atoms with Crippen LogP contribution in [-0.2, 0) is 4.79 Å². The Labute approximate surface area is 80.6 Å². The highest BCUT2D eigenvalue weighted by molar-refractivity contribution is 5.77. The molecule has 2 aromatic rings. The van der Waals surface area contributed by atoms with Gasteiger partial charge in [0.25, 0.3) is 0 Å². The fraction of sp³-hybridized carbons (Fsp3) is 0.100. The van der Waals surface area contributed by atoms with Crippen molar-refractivity contribution in [3.8, 4) is 5.75 Å². The lowest BCUT2D eigenvalue weighted by atomic mass is 10.3. The fourth-order valence-corrected chi connectivity index (χ4v) is 1.17. The third kappa shape index (κ3) is 1.69. The van der Waals surface area contributed by atoms with Crippen molar-refractivity contribution < 1.29 is 9.53 Å². The molecule has 1 heterocycles. The quantitative estimate of drug-likeness (QED) is 0.503. The molecule has 4 nitrogen and oxygen atoms in total. The van der Waals surface area contributed by atoms with E-state index < -0.39 is 0 Å². The van der Waals surface area contributed by atoms with Crippen molar-refractivity contribution in [2.24, 2.45) is 0 Å². The zero-order valence-electron chi connectivity index (χ0n) is 7.60. The monoisotopic (exact) mass is 188 g/mol. The molecule has 1 aromatic carbocycles. The Morgan fingerprint density at radius 2 is 1.93 bits per heavy atom. The first-order chi connectivity index (χ1) is 6.75. The summed E-state index contributed by atoms with van der Waals surface area (Å²) in [5, 5.41) is 0. The van der Waals surface area contributed by atoms with Gasteiger partial charge in [0.1, 0.15) is 5.75 Å². The van der Waals surface area contributed by atoms with E-state index in [4.69, 9.17) is 4.74 Å². The molecule has 0 saturated heterocycles. The molecule has 4 heteroatoms. The van der Waals surface area contributed by atoms with Gasteiger partial charge in [0, 0.05) is 25.4 Å². The Morgan fingerprint density at radius 3 is 2.64 bits per heavy atom. The number of carbonyl (C=O) groups is 1. The zero-order valence-corrected chi connectivity index (χ0v) is 7.60. The highest BCUT2D eigenvalue weighted by Crippen LogP contribution is 2.16. The lowest BCUT2D eigenvalue weighted by Gasteiger charge is -2.01. The molecule has 0 aliphatic rings. The van der Waals surface area contributed by atoms with E-state index in [1.165, 1.54) is 6.92 Å². The number of nitrogens with zero attached hydrogens (tertiary/aromatic N) is 2. The Hall–Kier alpha value is -1.97. The number of benzene rings is 1. The number of ether oxygens (including phenoxy) is 1. The third-order valence-corrected chi connectivity index (χ3v) is 1.70. The van der Waals surface area contributed by atoms with Gasteiger partial charge in [-0.05, 0) is 12.1 Å². The van der Waals surface area contributed by atoms with Crippen LogP contribution < -0.4 is 4.74 Å². The van der Waals surface area contributed by atoms with E-state index in [2.05, 4.69) is 9.97 Å². The molecule has 14 heavy (non-hydrogen) atoms. The van der Waals surface area contributed by atoms with E-state index in [1.807, 2.05) is 0 Å². The topological polar surface area (TPSA) is 52.1 Å². The third-order valence-electron chi connectivity index (χ3n) is 1.70. The predicted octanol–water partition coefficient (Wildman–Crippen LogP) is 1.56. The van der Waals surface area contributed by atoms with Crippen LogP contribution in [0.15, 0.2) is 30.6 Å². The number of esters is 1. The summed E-state index contributed by atoms with van der Waals surface area (Å²) in [4.78, 5) is 18.9. The van der Waals surface area contributed by atoms with Crippen LogP contribution in [0.3, 0.4) is 0 Å². The van der Waals surface area contributed by atoms with Gasteiger partial charge in [-0.1, -0.05) is 0 Å². The minimum absolute atomic E-state index is 0.340. The molecule has 0 amide bonds. The van der Waals surface area contributed by atoms with Crippen LogP contribution in [0, 0.1) is 0 Å². The number of hydrogen-bond acceptors (Lipinski definition) is 4. The largest absolute Gasteiger partial charge is 0.427 e. The summed E-state index contributed by atoms with van der Waals surface area (Å²) < 4.78 is 4.92. The summed E-state index contributed by atoms with van der Waals surface area (Å²) >= 11 is 0. The number of aromatic nitrogens is 2. The molecule has 2 rings (SSSR count). The first-order valence-corrected chi connectivity index (χ1v) is 4.15. The van der Waals surface area contributed by atoms with Gasteiger partial charge >= 0.3 is 5.97 Å². The van der Waals surface area contributed by atoms with Crippen LogP contribution in [0.1, 0.15) is 6.92 Å². The average molecular weight is 188 g/mol. The summed E-state index contributed by atoms with van der Waals surface area (Å²) in [5.41, 5.74) is 1.50. The summed E-state index contributed by atoms with van der Waals surface area (Å²) in [5.74, 6) is 0.152. The lowest BCUT2D eigenvalue weighted by molar-refractivity contribution is -0.131. The molecule has 0 fully saturated rings. The van der Waals surface area contributed by atoms with E-state index >= 15 is 0 Å². The van der Waals surface area contributed by atoms with Gasteiger partial charge in [0.15, 0.2) is 0 Å². The van der Waals surface area contributed by atoms with Crippen LogP contribution in [0.25, 0.3) is 11.0 Å². The Balaban J connectivity index is 2.46. The van der Waals surface area contributed by atoms with E-state index in [9.17, 15) is 4.79 Å². The highest BCUT2D eigenvalue weighted by atomic mass is 16.5. The number of rotatable bonds is 1. The Morgan fingerprint density at radius 1 is 1.21 bits per heavy atom. The van der Waals surface area contributed by atoms with Crippen LogP contribution in [-0.4, -0.2) is 15.9 Å². The summed E-state index contributed by atoms with van der Waals surface area (Å²) in [7, 11) is 0.